The van der Waals surface area contributed by atoms with Gasteiger partial charge in [0.15, 0.2) is 0 Å². The first kappa shape index (κ1) is 29.3. The molecular weight excluding hydrogens is 508 g/mol. The fraction of sp³-hybridized carbons (Fsp3) is 0.189. The van der Waals surface area contributed by atoms with E-state index >= 15 is 0 Å². The molecule has 0 N–H and O–H groups in total. The van der Waals surface area contributed by atoms with Crippen LogP contribution in [-0.4, -0.2) is 18.5 Å². The normalized spacial score (nSPS) is 10.6. The lowest BCUT2D eigenvalue weighted by Gasteiger charge is -2.13. The molecule has 0 aliphatic rings. The minimum absolute atomic E-state index is 0.212. The lowest BCUT2D eigenvalue weighted by Crippen LogP contribution is -2.02. The van der Waals surface area contributed by atoms with Crippen LogP contribution in [0.4, 0.5) is 0 Å². The van der Waals surface area contributed by atoms with Gasteiger partial charge in [0.1, 0.15) is 6.61 Å². The van der Waals surface area contributed by atoms with E-state index in [0.717, 1.165) is 59.1 Å². The highest BCUT2D eigenvalue weighted by atomic mass is 16.5. The Kier molecular flexibility index (Phi) is 10.4. The van der Waals surface area contributed by atoms with Crippen LogP contribution in [0.2, 0.25) is 0 Å². The third kappa shape index (κ3) is 8.39. The molecule has 0 radical (unpaired) electrons. The lowest BCUT2D eigenvalue weighted by atomic mass is 9.92. The SMILES string of the molecule is C=CC(=O)OCCCc1ccc(-c2cc(-c3ccc(COC(=O)C=C)cc3)cc(-c3cccc(CCC)c3)c2)cc1. The number of hydrogen-bond acceptors (Lipinski definition) is 4. The highest BCUT2D eigenvalue weighted by Gasteiger charge is 2.09. The van der Waals surface area contributed by atoms with Gasteiger partial charge in [-0.15, -0.1) is 0 Å². The van der Waals surface area contributed by atoms with Crippen molar-refractivity contribution in [2.24, 2.45) is 0 Å². The van der Waals surface area contributed by atoms with Gasteiger partial charge in [-0.1, -0.05) is 99.3 Å². The molecule has 0 aliphatic heterocycles. The maximum atomic E-state index is 11.4. The standard InChI is InChI=1S/C37H36O4/c1-4-9-28-10-7-12-32(22-28)35-24-33(30-17-13-27(14-18-30)11-8-21-40-36(38)5-2)23-34(25-35)31-19-15-29(16-20-31)26-41-37(39)6-3/h5-7,10,12-20,22-25H,2-4,8-9,11,21,26H2,1H3. The van der Waals surface area contributed by atoms with E-state index in [1.165, 1.54) is 28.8 Å². The van der Waals surface area contributed by atoms with Crippen LogP contribution in [-0.2, 0) is 38.5 Å². The second kappa shape index (κ2) is 14.6. The van der Waals surface area contributed by atoms with Crippen LogP contribution in [0.15, 0.2) is 116 Å². The van der Waals surface area contributed by atoms with Gasteiger partial charge in [-0.05, 0) is 87.5 Å². The fourth-order valence-electron chi connectivity index (χ4n) is 4.70. The maximum Gasteiger partial charge on any atom is 0.330 e. The Morgan fingerprint density at radius 3 is 1.76 bits per heavy atom. The molecule has 0 amide bonds. The molecule has 0 heterocycles. The summed E-state index contributed by atoms with van der Waals surface area (Å²) in [6.45, 7) is 9.66. The number of benzene rings is 4. The van der Waals surface area contributed by atoms with E-state index < -0.39 is 5.97 Å². The molecule has 0 saturated carbocycles. The van der Waals surface area contributed by atoms with Gasteiger partial charge >= 0.3 is 11.9 Å². The second-order valence-corrected chi connectivity index (χ2v) is 9.93. The van der Waals surface area contributed by atoms with E-state index in [4.69, 9.17) is 9.47 Å². The number of aryl methyl sites for hydroxylation is 2. The van der Waals surface area contributed by atoms with Crippen LogP contribution in [0.25, 0.3) is 33.4 Å². The van der Waals surface area contributed by atoms with E-state index in [-0.39, 0.29) is 12.6 Å². The van der Waals surface area contributed by atoms with Crippen LogP contribution in [0.3, 0.4) is 0 Å². The quantitative estimate of drug-likeness (QED) is 0.0961. The Morgan fingerprint density at radius 2 is 1.17 bits per heavy atom. The van der Waals surface area contributed by atoms with Crippen molar-refractivity contribution in [3.8, 4) is 33.4 Å². The summed E-state index contributed by atoms with van der Waals surface area (Å²) >= 11 is 0. The first-order valence-corrected chi connectivity index (χ1v) is 14.0. The van der Waals surface area contributed by atoms with Crippen molar-refractivity contribution in [2.45, 2.75) is 39.2 Å². The fourth-order valence-corrected chi connectivity index (χ4v) is 4.70. The van der Waals surface area contributed by atoms with Gasteiger partial charge in [0.25, 0.3) is 0 Å². The number of rotatable bonds is 13. The van der Waals surface area contributed by atoms with Crippen LogP contribution in [0.1, 0.15) is 36.5 Å². The Bertz CT molecular complexity index is 1500. The van der Waals surface area contributed by atoms with E-state index in [2.05, 4.69) is 98.9 Å². The van der Waals surface area contributed by atoms with Crippen molar-refractivity contribution >= 4 is 11.9 Å². The summed E-state index contributed by atoms with van der Waals surface area (Å²) < 4.78 is 10.3. The smallest absolute Gasteiger partial charge is 0.330 e. The molecule has 41 heavy (non-hydrogen) atoms. The summed E-state index contributed by atoms with van der Waals surface area (Å²) in [6.07, 6.45) is 6.10. The molecule has 208 valence electrons. The topological polar surface area (TPSA) is 52.6 Å². The summed E-state index contributed by atoms with van der Waals surface area (Å²) in [5, 5.41) is 0. The van der Waals surface area contributed by atoms with Gasteiger partial charge in [-0.3, -0.25) is 0 Å². The number of hydrogen-bond donors (Lipinski definition) is 0. The van der Waals surface area contributed by atoms with Gasteiger partial charge in [-0.25, -0.2) is 9.59 Å². The zero-order chi connectivity index (χ0) is 29.0. The third-order valence-corrected chi connectivity index (χ3v) is 6.88. The van der Waals surface area contributed by atoms with E-state index in [1.54, 1.807) is 0 Å². The summed E-state index contributed by atoms with van der Waals surface area (Å²) in [7, 11) is 0. The van der Waals surface area contributed by atoms with Gasteiger partial charge < -0.3 is 9.47 Å². The molecule has 0 bridgehead atoms. The van der Waals surface area contributed by atoms with Crippen molar-refractivity contribution in [1.29, 1.82) is 0 Å². The molecule has 4 rings (SSSR count). The van der Waals surface area contributed by atoms with Crippen molar-refractivity contribution in [3.05, 3.63) is 133 Å². The van der Waals surface area contributed by atoms with E-state index in [0.29, 0.717) is 6.61 Å². The summed E-state index contributed by atoms with van der Waals surface area (Å²) in [4.78, 5) is 22.7. The summed E-state index contributed by atoms with van der Waals surface area (Å²) in [6, 6.07) is 32.2. The Hall–Kier alpha value is -4.70. The first-order chi connectivity index (χ1) is 20.0. The van der Waals surface area contributed by atoms with Crippen LogP contribution in [0.5, 0.6) is 0 Å². The van der Waals surface area contributed by atoms with Gasteiger partial charge in [0.2, 0.25) is 0 Å². The second-order valence-electron chi connectivity index (χ2n) is 9.93. The van der Waals surface area contributed by atoms with Gasteiger partial charge in [0.05, 0.1) is 6.61 Å². The molecule has 4 aromatic rings. The Labute approximate surface area is 243 Å². The van der Waals surface area contributed by atoms with Crippen LogP contribution in [0, 0.1) is 0 Å². The van der Waals surface area contributed by atoms with Gasteiger partial charge in [-0.2, -0.15) is 0 Å². The minimum Gasteiger partial charge on any atom is -0.463 e. The molecule has 4 nitrogen and oxygen atoms in total. The minimum atomic E-state index is -0.432. The highest BCUT2D eigenvalue weighted by Crippen LogP contribution is 2.34. The average molecular weight is 545 g/mol. The zero-order valence-electron chi connectivity index (χ0n) is 23.6. The van der Waals surface area contributed by atoms with Crippen LogP contribution >= 0.6 is 0 Å². The largest absolute Gasteiger partial charge is 0.463 e. The van der Waals surface area contributed by atoms with E-state index in [1.807, 2.05) is 12.1 Å². The monoisotopic (exact) mass is 544 g/mol. The molecule has 4 aromatic carbocycles. The third-order valence-electron chi connectivity index (χ3n) is 6.88. The number of esters is 2. The predicted molar refractivity (Wildman–Crippen MR) is 166 cm³/mol. The zero-order valence-corrected chi connectivity index (χ0v) is 23.6. The maximum absolute atomic E-state index is 11.4. The molecule has 0 aromatic heterocycles. The predicted octanol–water partition coefficient (Wildman–Crippen LogP) is 8.53. The van der Waals surface area contributed by atoms with Crippen molar-refractivity contribution in [2.75, 3.05) is 6.61 Å². The molecule has 0 fully saturated rings. The van der Waals surface area contributed by atoms with Crippen LogP contribution < -0.4 is 0 Å². The summed E-state index contributed by atoms with van der Waals surface area (Å²) in [5.41, 5.74) is 10.3. The average Bonchev–Trinajstić information content (AvgIpc) is 3.02. The molecule has 0 unspecified atom stereocenters. The molecule has 0 spiro atoms. The first-order valence-electron chi connectivity index (χ1n) is 14.0. The molecule has 0 atom stereocenters. The number of ether oxygens (including phenoxy) is 2. The Balaban J connectivity index is 1.63. The van der Waals surface area contributed by atoms with E-state index in [9.17, 15) is 9.59 Å². The van der Waals surface area contributed by atoms with Crippen molar-refractivity contribution in [3.63, 3.8) is 0 Å². The van der Waals surface area contributed by atoms with Gasteiger partial charge in [0, 0.05) is 12.2 Å². The molecular formula is C37H36O4. The Morgan fingerprint density at radius 1 is 0.610 bits per heavy atom. The lowest BCUT2D eigenvalue weighted by molar-refractivity contribution is -0.139. The number of carbonyl (C=O) groups is 2. The summed E-state index contributed by atoms with van der Waals surface area (Å²) in [5.74, 6) is -0.819. The number of carbonyl (C=O) groups excluding carboxylic acids is 2. The van der Waals surface area contributed by atoms with Crippen molar-refractivity contribution in [1.82, 2.24) is 0 Å². The molecule has 0 aliphatic carbocycles. The van der Waals surface area contributed by atoms with Crippen molar-refractivity contribution < 1.29 is 19.1 Å². The molecule has 0 saturated heterocycles. The molecule has 4 heteroatoms. The highest BCUT2D eigenvalue weighted by molar-refractivity contribution is 5.82.